The molecule has 3 heteroatoms. The molecule has 104 valence electrons. The Hall–Kier alpha value is -2.29. The van der Waals surface area contributed by atoms with Gasteiger partial charge in [-0.3, -0.25) is 4.79 Å². The summed E-state index contributed by atoms with van der Waals surface area (Å²) in [6.07, 6.45) is 0. The minimum atomic E-state index is -0.0827. The molecule has 0 aliphatic rings. The number of aryl methyl sites for hydroxylation is 1. The zero-order valence-corrected chi connectivity index (χ0v) is 12.0. The number of carbonyl (C=O) groups excluding carboxylic acids is 1. The lowest BCUT2D eigenvalue weighted by atomic mass is 10.1. The second kappa shape index (κ2) is 6.24. The molecule has 0 fully saturated rings. The van der Waals surface area contributed by atoms with Crippen LogP contribution in [0.1, 0.15) is 34.5 Å². The lowest BCUT2D eigenvalue weighted by Gasteiger charge is -2.14. The van der Waals surface area contributed by atoms with Gasteiger partial charge in [0.15, 0.2) is 0 Å². The highest BCUT2D eigenvalue weighted by atomic mass is 16.5. The van der Waals surface area contributed by atoms with Crippen molar-refractivity contribution in [1.82, 2.24) is 5.32 Å². The average Bonchev–Trinajstić information content (AvgIpc) is 2.48. The standard InChI is InChI=1S/C17H19NO2/c1-12-4-6-14(7-5-12)13(2)18-17(19)15-8-10-16(20-3)11-9-15/h4-11,13H,1-3H3,(H,18,19)/t13-/m1/s1. The molecule has 0 radical (unpaired) electrons. The fraction of sp³-hybridized carbons (Fsp3) is 0.235. The summed E-state index contributed by atoms with van der Waals surface area (Å²) in [6.45, 7) is 4.02. The van der Waals surface area contributed by atoms with Crippen LogP contribution in [0.3, 0.4) is 0 Å². The summed E-state index contributed by atoms with van der Waals surface area (Å²) in [5.74, 6) is 0.661. The molecule has 0 saturated heterocycles. The van der Waals surface area contributed by atoms with Crippen LogP contribution in [0.2, 0.25) is 0 Å². The van der Waals surface area contributed by atoms with Crippen molar-refractivity contribution in [3.63, 3.8) is 0 Å². The Morgan fingerprint density at radius 3 is 2.20 bits per heavy atom. The molecule has 0 spiro atoms. The summed E-state index contributed by atoms with van der Waals surface area (Å²) in [4.78, 5) is 12.1. The summed E-state index contributed by atoms with van der Waals surface area (Å²) in [5.41, 5.74) is 2.93. The lowest BCUT2D eigenvalue weighted by Crippen LogP contribution is -2.26. The molecule has 2 aromatic carbocycles. The van der Waals surface area contributed by atoms with Crippen molar-refractivity contribution in [3.05, 3.63) is 65.2 Å². The van der Waals surface area contributed by atoms with Gasteiger partial charge in [-0.15, -0.1) is 0 Å². The first-order chi connectivity index (χ1) is 9.60. The lowest BCUT2D eigenvalue weighted by molar-refractivity contribution is 0.0940. The van der Waals surface area contributed by atoms with Crippen molar-refractivity contribution >= 4 is 5.91 Å². The molecule has 2 rings (SSSR count). The molecule has 1 atom stereocenters. The van der Waals surface area contributed by atoms with E-state index in [2.05, 4.69) is 5.32 Å². The Balaban J connectivity index is 2.04. The zero-order valence-electron chi connectivity index (χ0n) is 12.0. The van der Waals surface area contributed by atoms with E-state index in [9.17, 15) is 4.79 Å². The Kier molecular flexibility index (Phi) is 4.41. The molecule has 2 aromatic rings. The van der Waals surface area contributed by atoms with E-state index in [1.165, 1.54) is 5.56 Å². The predicted octanol–water partition coefficient (Wildman–Crippen LogP) is 3.49. The Labute approximate surface area is 119 Å². The molecule has 0 saturated carbocycles. The summed E-state index contributed by atoms with van der Waals surface area (Å²) in [6, 6.07) is 15.2. The summed E-state index contributed by atoms with van der Waals surface area (Å²) in [5, 5.41) is 2.99. The molecule has 3 nitrogen and oxygen atoms in total. The van der Waals surface area contributed by atoms with Gasteiger partial charge in [0.1, 0.15) is 5.75 Å². The van der Waals surface area contributed by atoms with Gasteiger partial charge >= 0.3 is 0 Å². The fourth-order valence-electron chi connectivity index (χ4n) is 1.96. The zero-order chi connectivity index (χ0) is 14.5. The van der Waals surface area contributed by atoms with Gasteiger partial charge in [0.25, 0.3) is 5.91 Å². The average molecular weight is 269 g/mol. The number of methoxy groups -OCH3 is 1. The van der Waals surface area contributed by atoms with Crippen molar-refractivity contribution in [2.75, 3.05) is 7.11 Å². The van der Waals surface area contributed by atoms with Crippen molar-refractivity contribution < 1.29 is 9.53 Å². The maximum Gasteiger partial charge on any atom is 0.251 e. The third-order valence-corrected chi connectivity index (χ3v) is 3.28. The van der Waals surface area contributed by atoms with Gasteiger partial charge in [-0.05, 0) is 43.7 Å². The van der Waals surface area contributed by atoms with Gasteiger partial charge in [0.05, 0.1) is 13.2 Å². The second-order valence-corrected chi connectivity index (χ2v) is 4.83. The van der Waals surface area contributed by atoms with E-state index >= 15 is 0 Å². The number of benzene rings is 2. The Morgan fingerprint density at radius 1 is 1.05 bits per heavy atom. The number of amides is 1. The number of carbonyl (C=O) groups is 1. The molecule has 20 heavy (non-hydrogen) atoms. The highest BCUT2D eigenvalue weighted by Gasteiger charge is 2.11. The maximum absolute atomic E-state index is 12.1. The van der Waals surface area contributed by atoms with Gasteiger partial charge < -0.3 is 10.1 Å². The second-order valence-electron chi connectivity index (χ2n) is 4.83. The van der Waals surface area contributed by atoms with Crippen LogP contribution < -0.4 is 10.1 Å². The molecule has 0 aliphatic carbocycles. The van der Waals surface area contributed by atoms with Crippen molar-refractivity contribution in [2.45, 2.75) is 19.9 Å². The number of ether oxygens (including phenoxy) is 1. The third kappa shape index (κ3) is 3.38. The van der Waals surface area contributed by atoms with Crippen LogP contribution in [-0.4, -0.2) is 13.0 Å². The van der Waals surface area contributed by atoms with Crippen LogP contribution in [0.5, 0.6) is 5.75 Å². The fourth-order valence-corrected chi connectivity index (χ4v) is 1.96. The van der Waals surface area contributed by atoms with E-state index in [1.807, 2.05) is 38.1 Å². The number of rotatable bonds is 4. The molecule has 0 heterocycles. The number of nitrogens with one attached hydrogen (secondary N) is 1. The van der Waals surface area contributed by atoms with E-state index < -0.39 is 0 Å². The van der Waals surface area contributed by atoms with E-state index in [0.717, 1.165) is 11.3 Å². The summed E-state index contributed by atoms with van der Waals surface area (Å²) >= 11 is 0. The third-order valence-electron chi connectivity index (χ3n) is 3.28. The minimum Gasteiger partial charge on any atom is -0.497 e. The molecule has 1 amide bonds. The largest absolute Gasteiger partial charge is 0.497 e. The van der Waals surface area contributed by atoms with Crippen molar-refractivity contribution in [3.8, 4) is 5.75 Å². The highest BCUT2D eigenvalue weighted by Crippen LogP contribution is 2.15. The van der Waals surface area contributed by atoms with Gasteiger partial charge in [0.2, 0.25) is 0 Å². The van der Waals surface area contributed by atoms with Crippen molar-refractivity contribution in [2.24, 2.45) is 0 Å². The topological polar surface area (TPSA) is 38.3 Å². The molecule has 0 aliphatic heterocycles. The monoisotopic (exact) mass is 269 g/mol. The first kappa shape index (κ1) is 14.1. The van der Waals surface area contributed by atoms with Gasteiger partial charge in [0, 0.05) is 5.56 Å². The van der Waals surface area contributed by atoms with Crippen LogP contribution in [0, 0.1) is 6.92 Å². The van der Waals surface area contributed by atoms with E-state index in [4.69, 9.17) is 4.74 Å². The predicted molar refractivity (Wildman–Crippen MR) is 80.1 cm³/mol. The van der Waals surface area contributed by atoms with E-state index in [1.54, 1.807) is 31.4 Å². The first-order valence-electron chi connectivity index (χ1n) is 6.61. The van der Waals surface area contributed by atoms with Gasteiger partial charge in [-0.2, -0.15) is 0 Å². The molecule has 1 N–H and O–H groups in total. The molecule has 0 bridgehead atoms. The summed E-state index contributed by atoms with van der Waals surface area (Å²) < 4.78 is 5.08. The summed E-state index contributed by atoms with van der Waals surface area (Å²) in [7, 11) is 1.61. The van der Waals surface area contributed by atoms with Gasteiger partial charge in [-0.25, -0.2) is 0 Å². The van der Waals surface area contributed by atoms with Crippen LogP contribution >= 0.6 is 0 Å². The maximum atomic E-state index is 12.1. The van der Waals surface area contributed by atoms with Crippen molar-refractivity contribution in [1.29, 1.82) is 0 Å². The smallest absolute Gasteiger partial charge is 0.251 e. The Morgan fingerprint density at radius 2 is 1.65 bits per heavy atom. The molecular weight excluding hydrogens is 250 g/mol. The minimum absolute atomic E-state index is 0.0230. The van der Waals surface area contributed by atoms with Crippen LogP contribution in [0.15, 0.2) is 48.5 Å². The molecule has 0 aromatic heterocycles. The normalized spacial score (nSPS) is 11.8. The number of hydrogen-bond donors (Lipinski definition) is 1. The quantitative estimate of drug-likeness (QED) is 0.922. The highest BCUT2D eigenvalue weighted by molar-refractivity contribution is 5.94. The molecular formula is C17H19NO2. The van der Waals surface area contributed by atoms with E-state index in [0.29, 0.717) is 5.56 Å². The van der Waals surface area contributed by atoms with Crippen LogP contribution in [-0.2, 0) is 0 Å². The van der Waals surface area contributed by atoms with Crippen LogP contribution in [0.25, 0.3) is 0 Å². The SMILES string of the molecule is COc1ccc(C(=O)N[C@H](C)c2ccc(C)cc2)cc1. The Bertz CT molecular complexity index is 573. The van der Waals surface area contributed by atoms with Crippen LogP contribution in [0.4, 0.5) is 0 Å². The molecule has 0 unspecified atom stereocenters. The first-order valence-corrected chi connectivity index (χ1v) is 6.61. The number of hydrogen-bond acceptors (Lipinski definition) is 2. The van der Waals surface area contributed by atoms with Gasteiger partial charge in [-0.1, -0.05) is 29.8 Å². The van der Waals surface area contributed by atoms with E-state index in [-0.39, 0.29) is 11.9 Å².